The van der Waals surface area contributed by atoms with Gasteiger partial charge >= 0.3 is 17.3 Å². The fraction of sp³-hybridized carbons (Fsp3) is 0.312. The molecule has 0 aliphatic carbocycles. The van der Waals surface area contributed by atoms with Crippen molar-refractivity contribution in [2.45, 2.75) is 24.5 Å². The average molecular weight is 392 g/mol. The van der Waals surface area contributed by atoms with E-state index in [1.54, 1.807) is 18.2 Å². The number of nitrogens with zero attached hydrogens (tertiary/aromatic N) is 3. The Kier molecular flexibility index (Phi) is 5.35. The van der Waals surface area contributed by atoms with Crippen molar-refractivity contribution >= 4 is 17.5 Å². The molecule has 1 saturated heterocycles. The van der Waals surface area contributed by atoms with Crippen LogP contribution < -0.4 is 11.4 Å². The highest BCUT2D eigenvalue weighted by Gasteiger charge is 2.47. The first kappa shape index (κ1) is 19.4. The number of benzene rings is 1. The Morgan fingerprint density at radius 3 is 2.68 bits per heavy atom. The zero-order valence-electron chi connectivity index (χ0n) is 14.2. The van der Waals surface area contributed by atoms with Gasteiger partial charge in [0.15, 0.2) is 12.3 Å². The summed E-state index contributed by atoms with van der Waals surface area (Å²) in [6.45, 7) is -0.639. The van der Waals surface area contributed by atoms with Crippen LogP contribution in [0, 0.1) is 10.1 Å². The number of rotatable bonds is 5. The highest BCUT2D eigenvalue weighted by atomic mass is 16.6. The largest absolute Gasteiger partial charge is 0.453 e. The number of nitrogen functional groups attached to an aromatic ring is 1. The minimum absolute atomic E-state index is 0.205. The third kappa shape index (κ3) is 3.55. The van der Waals surface area contributed by atoms with Gasteiger partial charge in [0.2, 0.25) is 5.82 Å². The van der Waals surface area contributed by atoms with Crippen LogP contribution in [0.1, 0.15) is 16.6 Å². The first-order valence-electron chi connectivity index (χ1n) is 8.07. The van der Waals surface area contributed by atoms with Crippen LogP contribution in [-0.4, -0.2) is 55.6 Å². The minimum Gasteiger partial charge on any atom is -0.453 e. The molecule has 1 aromatic heterocycles. The number of hydrogen-bond donors (Lipinski definition) is 3. The Hall–Kier alpha value is -3.35. The normalized spacial score (nSPS) is 24.1. The van der Waals surface area contributed by atoms with Gasteiger partial charge in [-0.25, -0.2) is 9.59 Å². The van der Waals surface area contributed by atoms with Crippen LogP contribution in [0.2, 0.25) is 0 Å². The molecule has 12 heteroatoms. The van der Waals surface area contributed by atoms with Crippen molar-refractivity contribution in [3.05, 3.63) is 62.7 Å². The van der Waals surface area contributed by atoms with Crippen molar-refractivity contribution < 1.29 is 29.4 Å². The lowest BCUT2D eigenvalue weighted by atomic mass is 10.1. The van der Waals surface area contributed by atoms with Gasteiger partial charge in [-0.2, -0.15) is 4.98 Å². The number of carbonyl (C=O) groups excluding carboxylic acids is 1. The van der Waals surface area contributed by atoms with Crippen molar-refractivity contribution in [2.75, 3.05) is 12.3 Å². The number of ether oxygens (including phenoxy) is 2. The second kappa shape index (κ2) is 7.72. The summed E-state index contributed by atoms with van der Waals surface area (Å²) in [4.78, 5) is 37.8. The first-order chi connectivity index (χ1) is 13.3. The number of esters is 1. The van der Waals surface area contributed by atoms with Gasteiger partial charge in [-0.3, -0.25) is 14.7 Å². The molecule has 28 heavy (non-hydrogen) atoms. The predicted octanol–water partition coefficient (Wildman–Crippen LogP) is -0.790. The topological polar surface area (TPSA) is 180 Å². The van der Waals surface area contributed by atoms with E-state index in [-0.39, 0.29) is 5.56 Å². The molecule has 1 aliphatic rings. The van der Waals surface area contributed by atoms with Crippen molar-refractivity contribution in [3.63, 3.8) is 0 Å². The average Bonchev–Trinajstić information content (AvgIpc) is 2.98. The maximum atomic E-state index is 12.2. The van der Waals surface area contributed by atoms with Gasteiger partial charge in [-0.05, 0) is 12.1 Å². The van der Waals surface area contributed by atoms with E-state index in [1.807, 2.05) is 0 Å². The van der Waals surface area contributed by atoms with E-state index < -0.39 is 59.2 Å². The minimum atomic E-state index is -1.60. The molecule has 148 valence electrons. The molecule has 1 fully saturated rings. The van der Waals surface area contributed by atoms with E-state index in [9.17, 15) is 29.9 Å². The quantitative estimate of drug-likeness (QED) is 0.331. The molecule has 0 bridgehead atoms. The molecule has 3 rings (SSSR count). The van der Waals surface area contributed by atoms with Crippen LogP contribution in [0.4, 0.5) is 11.5 Å². The van der Waals surface area contributed by atoms with Crippen LogP contribution in [0.25, 0.3) is 0 Å². The van der Waals surface area contributed by atoms with Gasteiger partial charge in [0, 0.05) is 0 Å². The Balaban J connectivity index is 1.89. The summed E-state index contributed by atoms with van der Waals surface area (Å²) in [6, 6.07) is 7.91. The van der Waals surface area contributed by atoms with Gasteiger partial charge in [-0.15, -0.1) is 0 Å². The summed E-state index contributed by atoms with van der Waals surface area (Å²) in [7, 11) is 0. The van der Waals surface area contributed by atoms with E-state index in [1.165, 1.54) is 12.1 Å². The molecular formula is C16H16N4O8. The number of anilines is 1. The second-order valence-corrected chi connectivity index (χ2v) is 5.93. The number of hydrogen-bond acceptors (Lipinski definition) is 10. The molecule has 4 N–H and O–H groups in total. The summed E-state index contributed by atoms with van der Waals surface area (Å²) in [5.41, 5.74) is 3.88. The van der Waals surface area contributed by atoms with E-state index >= 15 is 0 Å². The van der Waals surface area contributed by atoms with Crippen molar-refractivity contribution in [2.24, 2.45) is 0 Å². The van der Waals surface area contributed by atoms with Crippen LogP contribution in [-0.2, 0) is 9.47 Å². The molecule has 0 radical (unpaired) electrons. The summed E-state index contributed by atoms with van der Waals surface area (Å²) in [5, 5.41) is 31.0. The second-order valence-electron chi connectivity index (χ2n) is 5.93. The molecule has 1 aliphatic heterocycles. The van der Waals surface area contributed by atoms with Crippen molar-refractivity contribution in [1.82, 2.24) is 9.55 Å². The maximum absolute atomic E-state index is 12.2. The molecule has 4 atom stereocenters. The standard InChI is InChI=1S/C16H16N4O8/c17-13-9(20(25)26)6-19(16(24)18-13)14-11(22)12(10(7-21)27-14)28-15(23)8-4-2-1-3-5-8/h1-6,10-12,14,21-22H,7H2,(H2,17,18,24)/t10-,11+,12-,14-/m1/s1. The Morgan fingerprint density at radius 1 is 1.39 bits per heavy atom. The molecule has 0 spiro atoms. The van der Waals surface area contributed by atoms with E-state index in [0.29, 0.717) is 4.57 Å². The Morgan fingerprint density at radius 2 is 2.07 bits per heavy atom. The fourth-order valence-electron chi connectivity index (χ4n) is 2.80. The molecular weight excluding hydrogens is 376 g/mol. The zero-order valence-corrected chi connectivity index (χ0v) is 14.2. The SMILES string of the molecule is Nc1nc(=O)n([C@@H]2O[C@H](CO)[C@@H](OC(=O)c3ccccc3)[C@@H]2O)cc1[N+](=O)[O-]. The molecule has 12 nitrogen and oxygen atoms in total. The van der Waals surface area contributed by atoms with Crippen LogP contribution in [0.3, 0.4) is 0 Å². The summed E-state index contributed by atoms with van der Waals surface area (Å²) < 4.78 is 11.3. The molecule has 2 aromatic rings. The third-order valence-electron chi connectivity index (χ3n) is 4.17. The summed E-state index contributed by atoms with van der Waals surface area (Å²) in [6.07, 6.45) is -4.81. The van der Waals surface area contributed by atoms with Crippen LogP contribution >= 0.6 is 0 Å². The first-order valence-corrected chi connectivity index (χ1v) is 8.07. The summed E-state index contributed by atoms with van der Waals surface area (Å²) >= 11 is 0. The highest BCUT2D eigenvalue weighted by molar-refractivity contribution is 5.89. The predicted molar refractivity (Wildman–Crippen MR) is 92.2 cm³/mol. The Bertz CT molecular complexity index is 947. The number of aliphatic hydroxyl groups excluding tert-OH is 2. The van der Waals surface area contributed by atoms with Gasteiger partial charge < -0.3 is 25.4 Å². The van der Waals surface area contributed by atoms with Gasteiger partial charge in [-0.1, -0.05) is 18.2 Å². The van der Waals surface area contributed by atoms with Crippen molar-refractivity contribution in [1.29, 1.82) is 0 Å². The van der Waals surface area contributed by atoms with Crippen LogP contribution in [0.15, 0.2) is 41.3 Å². The smallest absolute Gasteiger partial charge is 0.352 e. The maximum Gasteiger partial charge on any atom is 0.352 e. The fourth-order valence-corrected chi connectivity index (χ4v) is 2.80. The number of aliphatic hydroxyl groups is 2. The molecule has 0 saturated carbocycles. The lowest BCUT2D eigenvalue weighted by Crippen LogP contribution is -2.39. The Labute approximate surface area is 156 Å². The number of aromatic nitrogens is 2. The van der Waals surface area contributed by atoms with Crippen molar-refractivity contribution in [3.8, 4) is 0 Å². The monoisotopic (exact) mass is 392 g/mol. The lowest BCUT2D eigenvalue weighted by Gasteiger charge is -2.20. The van der Waals surface area contributed by atoms with Gasteiger partial charge in [0.05, 0.1) is 23.3 Å². The summed E-state index contributed by atoms with van der Waals surface area (Å²) in [5.74, 6) is -1.37. The number of nitro groups is 1. The van der Waals surface area contributed by atoms with Gasteiger partial charge in [0.1, 0.15) is 12.2 Å². The molecule has 0 amide bonds. The lowest BCUT2D eigenvalue weighted by molar-refractivity contribution is -0.384. The van der Waals surface area contributed by atoms with Gasteiger partial charge in [0.25, 0.3) is 0 Å². The molecule has 1 aromatic carbocycles. The number of carbonyl (C=O) groups is 1. The highest BCUT2D eigenvalue weighted by Crippen LogP contribution is 2.32. The third-order valence-corrected chi connectivity index (χ3v) is 4.17. The molecule has 0 unspecified atom stereocenters. The zero-order chi connectivity index (χ0) is 20.4. The van der Waals surface area contributed by atoms with Crippen LogP contribution in [0.5, 0.6) is 0 Å². The number of nitrogens with two attached hydrogens (primary N) is 1. The van der Waals surface area contributed by atoms with E-state index in [2.05, 4.69) is 4.98 Å². The van der Waals surface area contributed by atoms with E-state index in [0.717, 1.165) is 6.20 Å². The van der Waals surface area contributed by atoms with E-state index in [4.69, 9.17) is 15.2 Å². The molecule has 2 heterocycles.